The SMILES string of the molecule is CCOC(=O)CC1CC(=O)CC2CCC3C(CCC4(C)C3CCC4(C)O)C21C. The summed E-state index contributed by atoms with van der Waals surface area (Å²) in [7, 11) is 0. The zero-order valence-electron chi connectivity index (χ0n) is 18.1. The highest BCUT2D eigenvalue weighted by Crippen LogP contribution is 2.69. The van der Waals surface area contributed by atoms with E-state index in [4.69, 9.17) is 4.74 Å². The Labute approximate surface area is 169 Å². The fourth-order valence-corrected chi connectivity index (χ4v) is 8.24. The van der Waals surface area contributed by atoms with E-state index >= 15 is 0 Å². The molecular formula is C24H38O4. The monoisotopic (exact) mass is 390 g/mol. The van der Waals surface area contributed by atoms with Gasteiger partial charge in [0, 0.05) is 19.3 Å². The fourth-order valence-electron chi connectivity index (χ4n) is 8.24. The third-order valence-corrected chi connectivity index (χ3v) is 10.1. The number of aliphatic hydroxyl groups is 1. The van der Waals surface area contributed by atoms with Crippen LogP contribution < -0.4 is 0 Å². The molecule has 0 saturated heterocycles. The van der Waals surface area contributed by atoms with Crippen molar-refractivity contribution in [2.45, 2.75) is 91.1 Å². The molecule has 4 aliphatic rings. The van der Waals surface area contributed by atoms with Gasteiger partial charge in [0.2, 0.25) is 0 Å². The average Bonchev–Trinajstić information content (AvgIpc) is 2.86. The first-order valence-corrected chi connectivity index (χ1v) is 11.5. The van der Waals surface area contributed by atoms with Crippen molar-refractivity contribution < 1.29 is 19.4 Å². The zero-order chi connectivity index (χ0) is 20.3. The Balaban J connectivity index is 1.65. The van der Waals surface area contributed by atoms with Gasteiger partial charge in [-0.15, -0.1) is 0 Å². The van der Waals surface area contributed by atoms with Crippen molar-refractivity contribution in [1.29, 1.82) is 0 Å². The Morgan fingerprint density at radius 1 is 1.07 bits per heavy atom. The molecule has 0 amide bonds. The minimum Gasteiger partial charge on any atom is -0.466 e. The van der Waals surface area contributed by atoms with E-state index in [0.29, 0.717) is 55.3 Å². The van der Waals surface area contributed by atoms with Crippen molar-refractivity contribution >= 4 is 11.8 Å². The molecule has 1 N–H and O–H groups in total. The van der Waals surface area contributed by atoms with Gasteiger partial charge in [-0.25, -0.2) is 0 Å². The Hall–Kier alpha value is -0.900. The number of carbonyl (C=O) groups excluding carboxylic acids is 2. The molecule has 4 fully saturated rings. The smallest absolute Gasteiger partial charge is 0.306 e. The second-order valence-electron chi connectivity index (χ2n) is 10.9. The molecular weight excluding hydrogens is 352 g/mol. The normalized spacial score (nSPS) is 50.5. The van der Waals surface area contributed by atoms with Crippen LogP contribution in [-0.4, -0.2) is 29.1 Å². The highest BCUT2D eigenvalue weighted by atomic mass is 16.5. The molecule has 0 aromatic carbocycles. The van der Waals surface area contributed by atoms with Crippen LogP contribution in [0.5, 0.6) is 0 Å². The molecule has 4 rings (SSSR count). The van der Waals surface area contributed by atoms with E-state index in [0.717, 1.165) is 32.1 Å². The van der Waals surface area contributed by atoms with Gasteiger partial charge in [-0.3, -0.25) is 9.59 Å². The van der Waals surface area contributed by atoms with Gasteiger partial charge < -0.3 is 9.84 Å². The van der Waals surface area contributed by atoms with Gasteiger partial charge in [-0.05, 0) is 92.8 Å². The molecule has 158 valence electrons. The maximum Gasteiger partial charge on any atom is 0.306 e. The summed E-state index contributed by atoms with van der Waals surface area (Å²) in [6.07, 6.45) is 8.10. The molecule has 28 heavy (non-hydrogen) atoms. The van der Waals surface area contributed by atoms with Crippen LogP contribution >= 0.6 is 0 Å². The number of fused-ring (bicyclic) bond motifs is 5. The van der Waals surface area contributed by atoms with E-state index in [-0.39, 0.29) is 22.7 Å². The number of Topliss-reactive ketones (excluding diaryl/α,β-unsaturated/α-hetero) is 1. The average molecular weight is 391 g/mol. The molecule has 0 spiro atoms. The summed E-state index contributed by atoms with van der Waals surface area (Å²) in [6.45, 7) is 9.00. The lowest BCUT2D eigenvalue weighted by Crippen LogP contribution is -2.58. The van der Waals surface area contributed by atoms with Gasteiger partial charge in [0.1, 0.15) is 5.78 Å². The fraction of sp³-hybridized carbons (Fsp3) is 0.917. The van der Waals surface area contributed by atoms with Crippen LogP contribution in [0.1, 0.15) is 85.5 Å². The van der Waals surface area contributed by atoms with Crippen LogP contribution in [0.15, 0.2) is 0 Å². The lowest BCUT2D eigenvalue weighted by molar-refractivity contribution is -0.172. The van der Waals surface area contributed by atoms with Gasteiger partial charge in [-0.2, -0.15) is 0 Å². The van der Waals surface area contributed by atoms with Gasteiger partial charge in [-0.1, -0.05) is 13.8 Å². The molecule has 4 heteroatoms. The van der Waals surface area contributed by atoms with E-state index in [2.05, 4.69) is 13.8 Å². The summed E-state index contributed by atoms with van der Waals surface area (Å²) in [5, 5.41) is 11.1. The van der Waals surface area contributed by atoms with E-state index in [9.17, 15) is 14.7 Å². The molecule has 0 bridgehead atoms. The molecule has 0 aliphatic heterocycles. The number of ketones is 1. The summed E-state index contributed by atoms with van der Waals surface area (Å²) in [5.41, 5.74) is -0.509. The van der Waals surface area contributed by atoms with Crippen LogP contribution in [0.3, 0.4) is 0 Å². The molecule has 0 aromatic heterocycles. The Kier molecular flexibility index (Phi) is 4.96. The first kappa shape index (κ1) is 20.4. The van der Waals surface area contributed by atoms with Crippen LogP contribution in [0, 0.1) is 40.4 Å². The molecule has 4 saturated carbocycles. The Bertz CT molecular complexity index is 655. The number of hydrogen-bond acceptors (Lipinski definition) is 4. The lowest BCUT2D eigenvalue weighted by atomic mass is 9.42. The van der Waals surface area contributed by atoms with Crippen LogP contribution in [-0.2, 0) is 14.3 Å². The van der Waals surface area contributed by atoms with Crippen LogP contribution in [0.2, 0.25) is 0 Å². The standard InChI is InChI=1S/C24H38O4/c1-5-28-21(26)14-16-13-17(25)12-15-6-7-18-19-9-11-23(3,27)22(19,2)10-8-20(18)24(15,16)4/h15-16,18-20,27H,5-14H2,1-4H3. The van der Waals surface area contributed by atoms with E-state index < -0.39 is 5.60 Å². The number of hydrogen-bond donors (Lipinski definition) is 1. The second kappa shape index (κ2) is 6.82. The molecule has 8 atom stereocenters. The van der Waals surface area contributed by atoms with Crippen LogP contribution in [0.25, 0.3) is 0 Å². The summed E-state index contributed by atoms with van der Waals surface area (Å²) in [6, 6.07) is 0. The maximum atomic E-state index is 12.5. The van der Waals surface area contributed by atoms with Crippen molar-refractivity contribution in [2.24, 2.45) is 40.4 Å². The topological polar surface area (TPSA) is 63.6 Å². The third-order valence-electron chi connectivity index (χ3n) is 10.1. The Morgan fingerprint density at radius 2 is 1.79 bits per heavy atom. The van der Waals surface area contributed by atoms with Crippen molar-refractivity contribution in [3.63, 3.8) is 0 Å². The largest absolute Gasteiger partial charge is 0.466 e. The quantitative estimate of drug-likeness (QED) is 0.719. The minimum atomic E-state index is -0.562. The maximum absolute atomic E-state index is 12.5. The summed E-state index contributed by atoms with van der Waals surface area (Å²) in [4.78, 5) is 24.9. The number of esters is 1. The van der Waals surface area contributed by atoms with Gasteiger partial charge in [0.05, 0.1) is 12.2 Å². The number of carbonyl (C=O) groups is 2. The van der Waals surface area contributed by atoms with E-state index in [1.807, 2.05) is 13.8 Å². The van der Waals surface area contributed by atoms with E-state index in [1.54, 1.807) is 0 Å². The zero-order valence-corrected chi connectivity index (χ0v) is 18.1. The third kappa shape index (κ3) is 2.80. The molecule has 0 aromatic rings. The first-order valence-electron chi connectivity index (χ1n) is 11.5. The highest BCUT2D eigenvalue weighted by Gasteiger charge is 2.64. The van der Waals surface area contributed by atoms with Crippen molar-refractivity contribution in [1.82, 2.24) is 0 Å². The number of rotatable bonds is 3. The summed E-state index contributed by atoms with van der Waals surface area (Å²) < 4.78 is 5.27. The van der Waals surface area contributed by atoms with Crippen molar-refractivity contribution in [3.8, 4) is 0 Å². The molecule has 0 radical (unpaired) electrons. The van der Waals surface area contributed by atoms with Gasteiger partial charge in [0.25, 0.3) is 0 Å². The summed E-state index contributed by atoms with van der Waals surface area (Å²) in [5.74, 6) is 2.45. The number of ether oxygens (including phenoxy) is 1. The Morgan fingerprint density at radius 3 is 2.50 bits per heavy atom. The molecule has 4 nitrogen and oxygen atoms in total. The predicted molar refractivity (Wildman–Crippen MR) is 107 cm³/mol. The van der Waals surface area contributed by atoms with Gasteiger partial charge >= 0.3 is 5.97 Å². The van der Waals surface area contributed by atoms with Crippen molar-refractivity contribution in [2.75, 3.05) is 6.61 Å². The second-order valence-corrected chi connectivity index (χ2v) is 10.9. The molecule has 8 unspecified atom stereocenters. The molecule has 4 aliphatic carbocycles. The summed E-state index contributed by atoms with van der Waals surface area (Å²) >= 11 is 0. The lowest BCUT2D eigenvalue weighted by Gasteiger charge is -2.63. The minimum absolute atomic E-state index is 0.0124. The van der Waals surface area contributed by atoms with Crippen LogP contribution in [0.4, 0.5) is 0 Å². The van der Waals surface area contributed by atoms with Crippen molar-refractivity contribution in [3.05, 3.63) is 0 Å². The van der Waals surface area contributed by atoms with E-state index in [1.165, 1.54) is 6.42 Å². The molecule has 0 heterocycles. The predicted octanol–water partition coefficient (Wildman–Crippen LogP) is 4.53. The first-order chi connectivity index (χ1) is 13.1. The highest BCUT2D eigenvalue weighted by molar-refractivity contribution is 5.81. The van der Waals surface area contributed by atoms with Gasteiger partial charge in [0.15, 0.2) is 0 Å².